The van der Waals surface area contributed by atoms with Crippen LogP contribution in [0.15, 0.2) is 48.0 Å². The number of benzene rings is 2. The average molecular weight is 496 g/mol. The van der Waals surface area contributed by atoms with E-state index in [2.05, 4.69) is 0 Å². The van der Waals surface area contributed by atoms with E-state index in [1.54, 1.807) is 25.1 Å². The summed E-state index contributed by atoms with van der Waals surface area (Å²) < 4.78 is 10.7. The summed E-state index contributed by atoms with van der Waals surface area (Å²) in [6.07, 6.45) is 0.640. The number of carbonyl (C=O) groups excluding carboxylic acids is 2. The van der Waals surface area contributed by atoms with Crippen LogP contribution in [0.3, 0.4) is 0 Å². The third kappa shape index (κ3) is 5.09. The Balaban J connectivity index is 1.70. The first-order valence-electron chi connectivity index (χ1n) is 11.9. The monoisotopic (exact) mass is 495 g/mol. The number of quaternary nitrogens is 1. The van der Waals surface area contributed by atoms with Crippen LogP contribution in [-0.2, 0) is 14.3 Å². The highest BCUT2D eigenvalue weighted by Crippen LogP contribution is 2.39. The zero-order valence-corrected chi connectivity index (χ0v) is 20.3. The number of aryl methyl sites for hydroxylation is 1. The maximum absolute atomic E-state index is 13.6. The molecule has 2 aliphatic heterocycles. The number of amides is 1. The van der Waals surface area contributed by atoms with Gasteiger partial charge in [0.05, 0.1) is 37.8 Å². The molecule has 2 fully saturated rings. The number of likely N-dealkylation sites (tertiary alicyclic amines) is 1. The Bertz CT molecular complexity index is 1190. The minimum Gasteiger partial charge on any atom is -0.872 e. The van der Waals surface area contributed by atoms with Gasteiger partial charge in [-0.05, 0) is 47.9 Å². The Morgan fingerprint density at radius 1 is 1.17 bits per heavy atom. The summed E-state index contributed by atoms with van der Waals surface area (Å²) in [6.45, 7) is 6.02. The molecule has 1 amide bonds. The van der Waals surface area contributed by atoms with Crippen molar-refractivity contribution in [3.8, 4) is 5.75 Å². The molecule has 2 aliphatic rings. The summed E-state index contributed by atoms with van der Waals surface area (Å²) in [7, 11) is 1.53. The largest absolute Gasteiger partial charge is 0.872 e. The number of morpholine rings is 1. The number of rotatable bonds is 8. The molecule has 0 aliphatic carbocycles. The number of nitro benzene ring substituents is 1. The van der Waals surface area contributed by atoms with Crippen LogP contribution in [0.2, 0.25) is 0 Å². The first kappa shape index (κ1) is 25.3. The smallest absolute Gasteiger partial charge is 0.295 e. The summed E-state index contributed by atoms with van der Waals surface area (Å²) in [4.78, 5) is 39.7. The lowest BCUT2D eigenvalue weighted by molar-refractivity contribution is -0.908. The van der Waals surface area contributed by atoms with Crippen molar-refractivity contribution in [3.05, 3.63) is 74.8 Å². The summed E-state index contributed by atoms with van der Waals surface area (Å²) in [5.74, 6) is -1.51. The van der Waals surface area contributed by atoms with Crippen LogP contribution in [0.4, 0.5) is 5.69 Å². The van der Waals surface area contributed by atoms with Gasteiger partial charge in [-0.3, -0.25) is 19.7 Å². The van der Waals surface area contributed by atoms with E-state index >= 15 is 0 Å². The van der Waals surface area contributed by atoms with E-state index < -0.39 is 28.4 Å². The topological polar surface area (TPSA) is 126 Å². The lowest BCUT2D eigenvalue weighted by Gasteiger charge is -2.29. The number of nitrogens with one attached hydrogen (secondary N) is 1. The normalized spacial score (nSPS) is 20.1. The molecule has 2 aromatic carbocycles. The van der Waals surface area contributed by atoms with Gasteiger partial charge in [-0.2, -0.15) is 0 Å². The summed E-state index contributed by atoms with van der Waals surface area (Å²) >= 11 is 0. The standard InChI is InChI=1S/C26H29N3O7/c1-17-16-19(6-9-21(17)35-2)24(30)22-23(18-4-7-20(8-5-18)29(33)34)28(26(32)25(22)31)11-3-10-27-12-14-36-15-13-27/h4-9,16,23,30H,3,10-15H2,1-2H3. The van der Waals surface area contributed by atoms with E-state index in [1.165, 1.54) is 41.2 Å². The maximum atomic E-state index is 13.6. The van der Waals surface area contributed by atoms with Gasteiger partial charge in [0.2, 0.25) is 5.78 Å². The second-order valence-electron chi connectivity index (χ2n) is 8.97. The summed E-state index contributed by atoms with van der Waals surface area (Å²) in [5.41, 5.74) is 1.22. The Hall–Kier alpha value is -3.76. The predicted octanol–water partition coefficient (Wildman–Crippen LogP) is 0.441. The van der Waals surface area contributed by atoms with Crippen LogP contribution in [0.25, 0.3) is 5.76 Å². The zero-order chi connectivity index (χ0) is 25.8. The third-order valence-electron chi connectivity index (χ3n) is 6.74. The molecule has 4 rings (SSSR count). The Morgan fingerprint density at radius 2 is 1.86 bits per heavy atom. The third-order valence-corrected chi connectivity index (χ3v) is 6.74. The minimum atomic E-state index is -0.916. The quantitative estimate of drug-likeness (QED) is 0.185. The van der Waals surface area contributed by atoms with E-state index in [1.807, 2.05) is 0 Å². The van der Waals surface area contributed by atoms with Crippen LogP contribution in [0.1, 0.15) is 29.2 Å². The fourth-order valence-electron chi connectivity index (χ4n) is 4.81. The molecule has 2 saturated heterocycles. The first-order chi connectivity index (χ1) is 17.3. The molecule has 190 valence electrons. The summed E-state index contributed by atoms with van der Waals surface area (Å²) in [6, 6.07) is 9.56. The average Bonchev–Trinajstić information content (AvgIpc) is 3.14. The molecule has 2 heterocycles. The molecule has 0 spiro atoms. The molecule has 1 N–H and O–H groups in total. The van der Waals surface area contributed by atoms with Crippen molar-refractivity contribution < 1.29 is 34.0 Å². The second-order valence-corrected chi connectivity index (χ2v) is 8.97. The fourth-order valence-corrected chi connectivity index (χ4v) is 4.81. The fraction of sp³-hybridized carbons (Fsp3) is 0.385. The second kappa shape index (κ2) is 10.9. The van der Waals surface area contributed by atoms with Crippen molar-refractivity contribution >= 4 is 23.1 Å². The number of carbonyl (C=O) groups is 2. The molecule has 0 saturated carbocycles. The zero-order valence-electron chi connectivity index (χ0n) is 20.3. The molecule has 10 heteroatoms. The molecule has 10 nitrogen and oxygen atoms in total. The Labute approximate surface area is 208 Å². The highest BCUT2D eigenvalue weighted by atomic mass is 16.6. The number of hydrogen-bond acceptors (Lipinski definition) is 7. The van der Waals surface area contributed by atoms with Gasteiger partial charge in [-0.1, -0.05) is 11.8 Å². The minimum absolute atomic E-state index is 0.115. The van der Waals surface area contributed by atoms with Gasteiger partial charge in [-0.25, -0.2) is 0 Å². The molecule has 2 aromatic rings. The van der Waals surface area contributed by atoms with Crippen LogP contribution in [0.5, 0.6) is 5.75 Å². The van der Waals surface area contributed by atoms with Crippen molar-refractivity contribution in [1.29, 1.82) is 0 Å². The molecular formula is C26H29N3O7. The van der Waals surface area contributed by atoms with Gasteiger partial charge in [0.1, 0.15) is 18.8 Å². The van der Waals surface area contributed by atoms with Crippen LogP contribution >= 0.6 is 0 Å². The number of nitrogens with zero attached hydrogens (tertiary/aromatic N) is 2. The molecule has 0 bridgehead atoms. The van der Waals surface area contributed by atoms with Crippen LogP contribution in [0, 0.1) is 17.0 Å². The number of methoxy groups -OCH3 is 1. The van der Waals surface area contributed by atoms with E-state index in [-0.39, 0.29) is 23.4 Å². The van der Waals surface area contributed by atoms with Gasteiger partial charge < -0.3 is 24.4 Å². The van der Waals surface area contributed by atoms with Crippen LogP contribution in [-0.4, -0.2) is 68.0 Å². The number of ether oxygens (including phenoxy) is 2. The van der Waals surface area contributed by atoms with E-state index in [4.69, 9.17) is 9.47 Å². The lowest BCUT2D eigenvalue weighted by Crippen LogP contribution is -3.14. The molecule has 0 aromatic heterocycles. The van der Waals surface area contributed by atoms with Gasteiger partial charge in [0.25, 0.3) is 11.6 Å². The number of non-ortho nitro benzene ring substituents is 1. The van der Waals surface area contributed by atoms with Crippen molar-refractivity contribution in [2.45, 2.75) is 19.4 Å². The van der Waals surface area contributed by atoms with Gasteiger partial charge in [-0.15, -0.1) is 0 Å². The molecule has 1 unspecified atom stereocenters. The van der Waals surface area contributed by atoms with Crippen molar-refractivity contribution in [1.82, 2.24) is 4.90 Å². The number of hydrogen-bond donors (Lipinski definition) is 1. The molecule has 1 atom stereocenters. The van der Waals surface area contributed by atoms with Crippen molar-refractivity contribution in [3.63, 3.8) is 0 Å². The van der Waals surface area contributed by atoms with Gasteiger partial charge >= 0.3 is 0 Å². The van der Waals surface area contributed by atoms with Gasteiger partial charge in [0, 0.05) is 30.7 Å². The number of ketones is 1. The highest BCUT2D eigenvalue weighted by molar-refractivity contribution is 6.46. The molecular weight excluding hydrogens is 466 g/mol. The predicted molar refractivity (Wildman–Crippen MR) is 128 cm³/mol. The van der Waals surface area contributed by atoms with Crippen molar-refractivity contribution in [2.24, 2.45) is 0 Å². The first-order valence-corrected chi connectivity index (χ1v) is 11.9. The maximum Gasteiger partial charge on any atom is 0.295 e. The van der Waals surface area contributed by atoms with E-state index in [0.29, 0.717) is 30.9 Å². The SMILES string of the molecule is COc1ccc(C([O-])=C2C(=O)C(=O)N(CCC[NH+]3CCOCC3)C2c2ccc([N+](=O)[O-])cc2)cc1C. The van der Waals surface area contributed by atoms with Crippen LogP contribution < -0.4 is 14.7 Å². The van der Waals surface area contributed by atoms with Gasteiger partial charge in [0.15, 0.2) is 0 Å². The number of Topliss-reactive ketones (excluding diaryl/α,β-unsaturated/α-hetero) is 1. The van der Waals surface area contributed by atoms with E-state index in [9.17, 15) is 24.8 Å². The molecule has 36 heavy (non-hydrogen) atoms. The van der Waals surface area contributed by atoms with Crippen molar-refractivity contribution in [2.75, 3.05) is 46.5 Å². The lowest BCUT2D eigenvalue weighted by atomic mass is 9.94. The highest BCUT2D eigenvalue weighted by Gasteiger charge is 2.44. The summed E-state index contributed by atoms with van der Waals surface area (Å²) in [5, 5.41) is 24.7. The number of nitro groups is 1. The Morgan fingerprint density at radius 3 is 2.47 bits per heavy atom. The Kier molecular flexibility index (Phi) is 7.66. The van der Waals surface area contributed by atoms with E-state index in [0.717, 1.165) is 25.2 Å². The molecule has 0 radical (unpaired) electrons.